The first-order chi connectivity index (χ1) is 70.3. The Morgan fingerprint density at radius 2 is 0.580 bits per heavy atom. The Morgan fingerprint density at radius 1 is 0.273 bits per heavy atom. The molecular weight excluding hydrogens is 1740 g/mol. The van der Waals surface area contributed by atoms with Crippen molar-refractivity contribution in [1.29, 1.82) is 0 Å². The van der Waals surface area contributed by atoms with Crippen LogP contribution in [0, 0.1) is 0 Å². The molecule has 7 nitrogen and oxygen atoms in total. The van der Waals surface area contributed by atoms with Crippen molar-refractivity contribution in [1.82, 2.24) is 13.7 Å². The van der Waals surface area contributed by atoms with E-state index in [4.69, 9.17) is 4.42 Å². The number of aromatic nitrogens is 3. The summed E-state index contributed by atoms with van der Waals surface area (Å²) in [6, 6.07) is 178. The number of carbonyl (C=O) groups excluding carboxylic acids is 1. The second-order valence-electron chi connectivity index (χ2n) is 38.0. The Labute approximate surface area is 831 Å². The molecular formula is C136H97N5O2. The molecule has 0 bridgehead atoms. The van der Waals surface area contributed by atoms with Crippen molar-refractivity contribution >= 4 is 133 Å². The fourth-order valence-electron chi connectivity index (χ4n) is 21.8. The van der Waals surface area contributed by atoms with Crippen LogP contribution in [0.1, 0.15) is 43.0 Å². The molecule has 1 aliphatic rings. The number of ketones is 1. The number of anilines is 6. The van der Waals surface area contributed by atoms with Crippen LogP contribution in [0.3, 0.4) is 0 Å². The summed E-state index contributed by atoms with van der Waals surface area (Å²) in [5.74, 6) is 0.0648. The van der Waals surface area contributed by atoms with E-state index in [0.29, 0.717) is 12.0 Å². The minimum Gasteiger partial charge on any atom is -0.455 e. The first-order valence-corrected chi connectivity index (χ1v) is 49.0. The summed E-state index contributed by atoms with van der Waals surface area (Å²) in [5, 5.41) is 9.68. The van der Waals surface area contributed by atoms with Gasteiger partial charge in [0.05, 0.1) is 33.1 Å². The molecule has 0 aliphatic heterocycles. The van der Waals surface area contributed by atoms with Gasteiger partial charge < -0.3 is 27.9 Å². The van der Waals surface area contributed by atoms with Crippen LogP contribution in [0.4, 0.5) is 34.1 Å². The molecule has 4 heterocycles. The number of allylic oxidation sites excluding steroid dienone is 1. The predicted molar refractivity (Wildman–Crippen MR) is 602 cm³/mol. The van der Waals surface area contributed by atoms with Gasteiger partial charge in [0.15, 0.2) is 5.78 Å². The van der Waals surface area contributed by atoms with Crippen LogP contribution >= 0.6 is 0 Å². The SMILES string of the molecule is C=C(C)C(=O)Cc1ccc(-n2c3ccccc3c3cc(-c4ccc(-c5ccc(N(c6ccc(-c7ccccc7)cc6)c6ccc(-c7cccc8c7oc7ccccc78)cc6)cc5)cc4)ccc32)cc1.C=Cc1ccc(-n2c3ccccc3c3cc(-c4ccc5c(c4)C(C)(C)c4cc(N(c6ccc(-c7ccccc7)cc6)c6ccc(-c7ccc(-n8c9ccccc9c9ccccc98)cc7)cc6)ccc4-5)ccc32)cc1. The standard InChI is InChI=1S/C71H51N3.C65H46N2O2/c1-4-47-22-32-56(33-23-47)74-69-21-13-10-18-63(69)64-44-52(31-43-70(64)74)53-30-41-59-60-42-40-58(46-66(60)71(2,3)65(59)45-53)72(54-34-24-49(25-35-54)48-14-6-5-7-15-48)55-36-26-50(27-37-55)51-28-38-57(39-29-51)73-67-19-11-8-16-61(67)62-17-9-12-20-68(62)73;1-43(2)63(68)41-44-19-32-55(33-20-44)67-61-17-8-6-13-57(61)60-42-51(31-40-62(60)67)49-23-21-46(22-24-49)48-27-36-53(37-28-48)66(52-34-25-47(26-35-52)45-11-4-3-5-12-45)54-38-29-50(30-39-54)56-15-10-16-59-58-14-7-9-18-64(58)69-65(56)59/h4-46H,1H2,2-3H3;3-40,42H,1,41H2,2H3. The van der Waals surface area contributed by atoms with Crippen LogP contribution in [-0.4, -0.2) is 19.5 Å². The van der Waals surface area contributed by atoms with E-state index in [9.17, 15) is 4.79 Å². The van der Waals surface area contributed by atoms with Crippen LogP contribution in [0.25, 0.3) is 200 Å². The zero-order chi connectivity index (χ0) is 95.9. The number of benzene rings is 21. The highest BCUT2D eigenvalue weighted by Gasteiger charge is 2.37. The lowest BCUT2D eigenvalue weighted by Crippen LogP contribution is -2.16. The topological polar surface area (TPSA) is 51.5 Å². The van der Waals surface area contributed by atoms with Gasteiger partial charge in [-0.15, -0.1) is 0 Å². The number of hydrogen-bond acceptors (Lipinski definition) is 4. The molecule has 0 fully saturated rings. The summed E-state index contributed by atoms with van der Waals surface area (Å²) >= 11 is 0. The minimum absolute atomic E-state index is 0.0648. The first-order valence-electron chi connectivity index (χ1n) is 49.0. The fourth-order valence-corrected chi connectivity index (χ4v) is 21.8. The smallest absolute Gasteiger partial charge is 0.162 e. The van der Waals surface area contributed by atoms with E-state index in [1.54, 1.807) is 6.92 Å². The number of carbonyl (C=O) groups is 1. The second kappa shape index (κ2) is 35.8. The third-order valence-electron chi connectivity index (χ3n) is 29.2. The van der Waals surface area contributed by atoms with Crippen LogP contribution in [0.5, 0.6) is 0 Å². The van der Waals surface area contributed by atoms with E-state index in [0.717, 1.165) is 129 Å². The molecule has 26 rings (SSSR count). The van der Waals surface area contributed by atoms with E-state index in [1.165, 1.54) is 121 Å². The lowest BCUT2D eigenvalue weighted by Gasteiger charge is -2.28. The van der Waals surface area contributed by atoms with Gasteiger partial charge in [0, 0.05) is 112 Å². The third kappa shape index (κ3) is 15.6. The largest absolute Gasteiger partial charge is 0.455 e. The average Bonchev–Trinajstić information content (AvgIpc) is 1.57. The lowest BCUT2D eigenvalue weighted by atomic mass is 9.81. The molecule has 0 amide bonds. The molecule has 678 valence electrons. The maximum Gasteiger partial charge on any atom is 0.162 e. The van der Waals surface area contributed by atoms with Crippen molar-refractivity contribution in [3.8, 4) is 106 Å². The Bertz CT molecular complexity index is 9190. The van der Waals surface area contributed by atoms with Crippen molar-refractivity contribution in [2.45, 2.75) is 32.6 Å². The highest BCUT2D eigenvalue weighted by Crippen LogP contribution is 2.53. The Morgan fingerprint density at radius 3 is 1.03 bits per heavy atom. The minimum atomic E-state index is -0.244. The molecule has 0 unspecified atom stereocenters. The summed E-state index contributed by atoms with van der Waals surface area (Å²) in [4.78, 5) is 17.1. The normalized spacial score (nSPS) is 12.0. The maximum absolute atomic E-state index is 12.4. The molecule has 0 saturated heterocycles. The molecule has 0 spiro atoms. The number of Topliss-reactive ketones (excluding diaryl/α,β-unsaturated/α-hetero) is 1. The highest BCUT2D eigenvalue weighted by atomic mass is 16.3. The van der Waals surface area contributed by atoms with Crippen molar-refractivity contribution in [3.63, 3.8) is 0 Å². The molecule has 0 N–H and O–H groups in total. The summed E-state index contributed by atoms with van der Waals surface area (Å²) in [6.07, 6.45) is 2.26. The van der Waals surface area contributed by atoms with Crippen LogP contribution in [0.15, 0.2) is 515 Å². The van der Waals surface area contributed by atoms with Crippen molar-refractivity contribution in [2.75, 3.05) is 9.80 Å². The molecule has 143 heavy (non-hydrogen) atoms. The lowest BCUT2D eigenvalue weighted by molar-refractivity contribution is -0.114. The quantitative estimate of drug-likeness (QED) is 0.0714. The Kier molecular flexibility index (Phi) is 21.6. The van der Waals surface area contributed by atoms with E-state index in [1.807, 2.05) is 30.3 Å². The van der Waals surface area contributed by atoms with Crippen molar-refractivity contribution in [3.05, 3.63) is 532 Å². The highest BCUT2D eigenvalue weighted by molar-refractivity contribution is 6.14. The van der Waals surface area contributed by atoms with Crippen LogP contribution in [-0.2, 0) is 16.6 Å². The molecule has 7 heteroatoms. The van der Waals surface area contributed by atoms with Gasteiger partial charge in [-0.2, -0.15) is 0 Å². The molecule has 25 aromatic rings. The second-order valence-corrected chi connectivity index (χ2v) is 38.0. The van der Waals surface area contributed by atoms with Crippen LogP contribution < -0.4 is 9.80 Å². The molecule has 4 aromatic heterocycles. The van der Waals surface area contributed by atoms with Crippen LogP contribution in [0.2, 0.25) is 0 Å². The molecule has 21 aromatic carbocycles. The number of para-hydroxylation sites is 6. The zero-order valence-electron chi connectivity index (χ0n) is 79.5. The van der Waals surface area contributed by atoms with Crippen molar-refractivity contribution < 1.29 is 9.21 Å². The van der Waals surface area contributed by atoms with Gasteiger partial charge in [-0.25, -0.2) is 0 Å². The van der Waals surface area contributed by atoms with Gasteiger partial charge >= 0.3 is 0 Å². The first kappa shape index (κ1) is 86.2. The van der Waals surface area contributed by atoms with E-state index in [-0.39, 0.29) is 11.2 Å². The maximum atomic E-state index is 12.4. The number of rotatable bonds is 20. The number of furan rings is 1. The Balaban J connectivity index is 0.000000150. The zero-order valence-corrected chi connectivity index (χ0v) is 79.5. The van der Waals surface area contributed by atoms with E-state index < -0.39 is 0 Å². The van der Waals surface area contributed by atoms with E-state index >= 15 is 0 Å². The summed E-state index contributed by atoms with van der Waals surface area (Å²) < 4.78 is 13.5. The van der Waals surface area contributed by atoms with Gasteiger partial charge in [0.2, 0.25) is 0 Å². The van der Waals surface area contributed by atoms with Gasteiger partial charge in [0.25, 0.3) is 0 Å². The Hall–Kier alpha value is -18.4. The van der Waals surface area contributed by atoms with Gasteiger partial charge in [0.1, 0.15) is 11.2 Å². The van der Waals surface area contributed by atoms with Crippen molar-refractivity contribution in [2.24, 2.45) is 0 Å². The van der Waals surface area contributed by atoms with E-state index in [2.05, 4.69) is 518 Å². The average molecular weight is 1830 g/mol. The molecule has 0 radical (unpaired) electrons. The number of nitrogens with zero attached hydrogens (tertiary/aromatic N) is 5. The summed E-state index contributed by atoms with van der Waals surface area (Å²) in [7, 11) is 0. The van der Waals surface area contributed by atoms with Gasteiger partial charge in [-0.3, -0.25) is 4.79 Å². The number of hydrogen-bond donors (Lipinski definition) is 0. The summed E-state index contributed by atoms with van der Waals surface area (Å²) in [6.45, 7) is 14.3. The summed E-state index contributed by atoms with van der Waals surface area (Å²) in [5.41, 5.74) is 42.8. The molecule has 0 saturated carbocycles. The molecule has 0 atom stereocenters. The number of fused-ring (bicyclic) bond motifs is 15. The molecule has 1 aliphatic carbocycles. The van der Waals surface area contributed by atoms with Gasteiger partial charge in [-0.1, -0.05) is 355 Å². The predicted octanol–water partition coefficient (Wildman–Crippen LogP) is 36.8. The third-order valence-corrected chi connectivity index (χ3v) is 29.2. The van der Waals surface area contributed by atoms with Gasteiger partial charge in [-0.05, 0) is 288 Å². The fraction of sp³-hybridized carbons (Fsp3) is 0.0368. The monoisotopic (exact) mass is 1830 g/mol.